The number of hydrogen-bond acceptors (Lipinski definition) is 5. The standard InChI is InChI=1S/C23H26N4O2S/c1-29-20-12-10-19(11-13-20)22-24-25-23(27(22)16-18-8-4-2-5-9-18)30-17-21(28)26-14-6-3-7-15-26/h2,4-5,8-13H,3,6-7,14-17H2,1H3. The van der Waals surface area contributed by atoms with E-state index >= 15 is 0 Å². The van der Waals surface area contributed by atoms with Gasteiger partial charge in [-0.15, -0.1) is 10.2 Å². The van der Waals surface area contributed by atoms with Crippen LogP contribution in [0, 0.1) is 0 Å². The Morgan fingerprint density at radius 1 is 1.00 bits per heavy atom. The minimum Gasteiger partial charge on any atom is -0.497 e. The molecule has 7 heteroatoms. The van der Waals surface area contributed by atoms with E-state index in [1.807, 2.05) is 47.4 Å². The summed E-state index contributed by atoms with van der Waals surface area (Å²) in [6.45, 7) is 2.38. The van der Waals surface area contributed by atoms with E-state index in [2.05, 4.69) is 26.9 Å². The van der Waals surface area contributed by atoms with Crippen LogP contribution in [0.3, 0.4) is 0 Å². The van der Waals surface area contributed by atoms with Gasteiger partial charge >= 0.3 is 0 Å². The molecule has 2 aromatic carbocycles. The molecule has 30 heavy (non-hydrogen) atoms. The highest BCUT2D eigenvalue weighted by molar-refractivity contribution is 7.99. The Hall–Kier alpha value is -2.80. The summed E-state index contributed by atoms with van der Waals surface area (Å²) in [5.41, 5.74) is 2.13. The number of likely N-dealkylation sites (tertiary alicyclic amines) is 1. The zero-order valence-electron chi connectivity index (χ0n) is 17.2. The summed E-state index contributed by atoms with van der Waals surface area (Å²) in [6, 6.07) is 18.0. The van der Waals surface area contributed by atoms with Crippen LogP contribution < -0.4 is 4.74 Å². The maximum absolute atomic E-state index is 12.6. The molecule has 1 fully saturated rings. The maximum Gasteiger partial charge on any atom is 0.233 e. The van der Waals surface area contributed by atoms with Crippen molar-refractivity contribution < 1.29 is 9.53 Å². The third kappa shape index (κ3) is 4.84. The molecule has 6 nitrogen and oxygen atoms in total. The van der Waals surface area contributed by atoms with Crippen LogP contribution in [0.1, 0.15) is 24.8 Å². The number of benzene rings is 2. The number of piperidine rings is 1. The predicted octanol–water partition coefficient (Wildman–Crippen LogP) is 4.11. The molecular formula is C23H26N4O2S. The van der Waals surface area contributed by atoms with E-state index in [1.165, 1.54) is 18.2 Å². The Morgan fingerprint density at radius 2 is 1.73 bits per heavy atom. The Bertz CT molecular complexity index is 967. The van der Waals surface area contributed by atoms with Crippen molar-refractivity contribution in [2.24, 2.45) is 0 Å². The third-order valence-electron chi connectivity index (χ3n) is 5.28. The van der Waals surface area contributed by atoms with E-state index in [1.54, 1.807) is 7.11 Å². The minimum atomic E-state index is 0.181. The molecule has 1 aromatic heterocycles. The summed E-state index contributed by atoms with van der Waals surface area (Å²) in [7, 11) is 1.65. The SMILES string of the molecule is COc1ccc(-c2nnc(SCC(=O)N3CCCCC3)n2Cc2ccccc2)cc1. The summed E-state index contributed by atoms with van der Waals surface area (Å²) in [4.78, 5) is 14.6. The van der Waals surface area contributed by atoms with Gasteiger partial charge in [-0.05, 0) is 49.1 Å². The number of methoxy groups -OCH3 is 1. The molecule has 1 aliphatic rings. The van der Waals surface area contributed by atoms with Crippen molar-refractivity contribution in [1.29, 1.82) is 0 Å². The lowest BCUT2D eigenvalue weighted by molar-refractivity contribution is -0.129. The molecule has 1 amide bonds. The Morgan fingerprint density at radius 3 is 2.43 bits per heavy atom. The number of rotatable bonds is 7. The molecule has 3 aromatic rings. The van der Waals surface area contributed by atoms with Gasteiger partial charge in [0.2, 0.25) is 5.91 Å². The van der Waals surface area contributed by atoms with Crippen LogP contribution in [0.4, 0.5) is 0 Å². The lowest BCUT2D eigenvalue weighted by Crippen LogP contribution is -2.36. The summed E-state index contributed by atoms with van der Waals surface area (Å²) < 4.78 is 7.36. The normalized spacial score (nSPS) is 14.0. The van der Waals surface area contributed by atoms with Crippen LogP contribution in [0.15, 0.2) is 59.8 Å². The van der Waals surface area contributed by atoms with Crippen LogP contribution in [0.2, 0.25) is 0 Å². The van der Waals surface area contributed by atoms with Crippen molar-refractivity contribution in [1.82, 2.24) is 19.7 Å². The van der Waals surface area contributed by atoms with Crippen molar-refractivity contribution in [3.63, 3.8) is 0 Å². The van der Waals surface area contributed by atoms with Gasteiger partial charge in [-0.2, -0.15) is 0 Å². The highest BCUT2D eigenvalue weighted by atomic mass is 32.2. The van der Waals surface area contributed by atoms with Crippen LogP contribution in [-0.2, 0) is 11.3 Å². The topological polar surface area (TPSA) is 60.3 Å². The first-order valence-electron chi connectivity index (χ1n) is 10.3. The van der Waals surface area contributed by atoms with Crippen LogP contribution in [0.5, 0.6) is 5.75 Å². The van der Waals surface area contributed by atoms with Crippen molar-refractivity contribution in [3.05, 3.63) is 60.2 Å². The Balaban J connectivity index is 1.57. The fourth-order valence-electron chi connectivity index (χ4n) is 3.62. The zero-order valence-corrected chi connectivity index (χ0v) is 18.0. The van der Waals surface area contributed by atoms with Crippen molar-refractivity contribution in [2.45, 2.75) is 31.0 Å². The van der Waals surface area contributed by atoms with Crippen molar-refractivity contribution >= 4 is 17.7 Å². The van der Waals surface area contributed by atoms with Crippen LogP contribution in [-0.4, -0.2) is 51.5 Å². The molecule has 0 radical (unpaired) electrons. The molecule has 156 valence electrons. The van der Waals surface area contributed by atoms with E-state index in [9.17, 15) is 4.79 Å². The number of amides is 1. The van der Waals surface area contributed by atoms with Crippen LogP contribution >= 0.6 is 11.8 Å². The predicted molar refractivity (Wildman–Crippen MR) is 119 cm³/mol. The quantitative estimate of drug-likeness (QED) is 0.537. The number of aromatic nitrogens is 3. The van der Waals surface area contributed by atoms with E-state index in [4.69, 9.17) is 4.74 Å². The second kappa shape index (κ2) is 9.80. The average Bonchev–Trinajstić information content (AvgIpc) is 3.21. The number of carbonyl (C=O) groups is 1. The van der Waals surface area contributed by atoms with Crippen LogP contribution in [0.25, 0.3) is 11.4 Å². The largest absolute Gasteiger partial charge is 0.497 e. The zero-order chi connectivity index (χ0) is 20.8. The lowest BCUT2D eigenvalue weighted by atomic mass is 10.1. The van der Waals surface area contributed by atoms with E-state index in [0.29, 0.717) is 12.3 Å². The molecule has 0 aliphatic carbocycles. The van der Waals surface area contributed by atoms with E-state index in [-0.39, 0.29) is 5.91 Å². The Kier molecular flexibility index (Phi) is 6.69. The highest BCUT2D eigenvalue weighted by Gasteiger charge is 2.20. The second-order valence-electron chi connectivity index (χ2n) is 7.34. The third-order valence-corrected chi connectivity index (χ3v) is 6.23. The summed E-state index contributed by atoms with van der Waals surface area (Å²) in [5, 5.41) is 9.64. The number of thioether (sulfide) groups is 1. The number of hydrogen-bond donors (Lipinski definition) is 0. The highest BCUT2D eigenvalue weighted by Crippen LogP contribution is 2.27. The number of nitrogens with zero attached hydrogens (tertiary/aromatic N) is 4. The monoisotopic (exact) mass is 422 g/mol. The van der Waals surface area contributed by atoms with Gasteiger partial charge in [-0.3, -0.25) is 9.36 Å². The minimum absolute atomic E-state index is 0.181. The molecule has 0 spiro atoms. The molecule has 0 saturated carbocycles. The summed E-state index contributed by atoms with van der Waals surface area (Å²) >= 11 is 1.46. The van der Waals surface area contributed by atoms with Gasteiger partial charge in [0, 0.05) is 18.7 Å². The van der Waals surface area contributed by atoms with Gasteiger partial charge in [-0.25, -0.2) is 0 Å². The average molecular weight is 423 g/mol. The van der Waals surface area contributed by atoms with E-state index in [0.717, 1.165) is 53.8 Å². The summed E-state index contributed by atoms with van der Waals surface area (Å²) in [5.74, 6) is 2.15. The van der Waals surface area contributed by atoms with Crippen molar-refractivity contribution in [2.75, 3.05) is 26.0 Å². The lowest BCUT2D eigenvalue weighted by Gasteiger charge is -2.26. The first kappa shape index (κ1) is 20.5. The fraction of sp³-hybridized carbons (Fsp3) is 0.348. The molecule has 1 saturated heterocycles. The smallest absolute Gasteiger partial charge is 0.233 e. The Labute approximate surface area is 181 Å². The van der Waals surface area contributed by atoms with Crippen molar-refractivity contribution in [3.8, 4) is 17.1 Å². The van der Waals surface area contributed by atoms with Gasteiger partial charge < -0.3 is 9.64 Å². The molecule has 0 atom stereocenters. The van der Waals surface area contributed by atoms with Gasteiger partial charge in [0.25, 0.3) is 0 Å². The number of ether oxygens (including phenoxy) is 1. The molecular weight excluding hydrogens is 396 g/mol. The second-order valence-corrected chi connectivity index (χ2v) is 8.28. The molecule has 4 rings (SSSR count). The first-order valence-corrected chi connectivity index (χ1v) is 11.3. The van der Waals surface area contributed by atoms with Gasteiger partial charge in [-0.1, -0.05) is 42.1 Å². The molecule has 1 aliphatic heterocycles. The first-order chi connectivity index (χ1) is 14.7. The molecule has 0 unspecified atom stereocenters. The number of carbonyl (C=O) groups excluding carboxylic acids is 1. The van der Waals surface area contributed by atoms with E-state index < -0.39 is 0 Å². The molecule has 0 N–H and O–H groups in total. The van der Waals surface area contributed by atoms with Gasteiger partial charge in [0.1, 0.15) is 5.75 Å². The maximum atomic E-state index is 12.6. The molecule has 2 heterocycles. The van der Waals surface area contributed by atoms with Gasteiger partial charge in [0.05, 0.1) is 19.4 Å². The van der Waals surface area contributed by atoms with Gasteiger partial charge in [0.15, 0.2) is 11.0 Å². The fourth-order valence-corrected chi connectivity index (χ4v) is 4.46. The summed E-state index contributed by atoms with van der Waals surface area (Å²) in [6.07, 6.45) is 3.41. The molecule has 0 bridgehead atoms.